The van der Waals surface area contributed by atoms with E-state index < -0.39 is 5.60 Å². The summed E-state index contributed by atoms with van der Waals surface area (Å²) in [4.78, 5) is 11.7. The normalized spacial score (nSPS) is 18.3. The molecule has 0 aromatic carbocycles. The number of amides is 1. The van der Waals surface area contributed by atoms with Crippen molar-refractivity contribution in [3.05, 3.63) is 0 Å². The summed E-state index contributed by atoms with van der Waals surface area (Å²) in [5.41, 5.74) is -0.447. The van der Waals surface area contributed by atoms with Crippen molar-refractivity contribution in [3.8, 4) is 0 Å². The minimum absolute atomic E-state index is 0.0976. The van der Waals surface area contributed by atoms with Gasteiger partial charge in [0.15, 0.2) is 0 Å². The Morgan fingerprint density at radius 3 is 2.39 bits per heavy atom. The number of hydrogen-bond acceptors (Lipinski definition) is 4. The molecule has 1 aliphatic heterocycles. The van der Waals surface area contributed by atoms with E-state index in [2.05, 4.69) is 29.8 Å². The molecule has 0 radical (unpaired) electrons. The van der Waals surface area contributed by atoms with E-state index in [0.29, 0.717) is 12.0 Å². The molecular formula is C13H27N3O2. The van der Waals surface area contributed by atoms with Crippen LogP contribution in [0, 0.1) is 5.92 Å². The van der Waals surface area contributed by atoms with Crippen molar-refractivity contribution in [2.75, 3.05) is 19.6 Å². The average molecular weight is 257 g/mol. The zero-order valence-electron chi connectivity index (χ0n) is 12.2. The second-order valence-corrected chi connectivity index (χ2v) is 6.26. The minimum atomic E-state index is -0.447. The third-order valence-corrected chi connectivity index (χ3v) is 2.91. The Morgan fingerprint density at radius 1 is 1.39 bits per heavy atom. The molecule has 5 heteroatoms. The smallest absolute Gasteiger partial charge is 0.407 e. The molecule has 0 spiro atoms. The first-order valence-corrected chi connectivity index (χ1v) is 6.71. The summed E-state index contributed by atoms with van der Waals surface area (Å²) in [5, 5.41) is 9.58. The summed E-state index contributed by atoms with van der Waals surface area (Å²) in [6.45, 7) is 12.6. The first-order chi connectivity index (χ1) is 8.28. The van der Waals surface area contributed by atoms with Gasteiger partial charge >= 0.3 is 6.09 Å². The van der Waals surface area contributed by atoms with E-state index in [4.69, 9.17) is 4.74 Å². The fourth-order valence-electron chi connectivity index (χ4n) is 1.64. The van der Waals surface area contributed by atoms with Crippen LogP contribution >= 0.6 is 0 Å². The molecule has 1 unspecified atom stereocenters. The van der Waals surface area contributed by atoms with Gasteiger partial charge in [0, 0.05) is 31.7 Å². The van der Waals surface area contributed by atoms with Crippen molar-refractivity contribution in [3.63, 3.8) is 0 Å². The van der Waals surface area contributed by atoms with Crippen molar-refractivity contribution in [1.82, 2.24) is 16.0 Å². The number of carbonyl (C=O) groups is 1. The molecule has 1 heterocycles. The number of rotatable bonds is 5. The maximum atomic E-state index is 11.7. The number of hydrogen-bond donors (Lipinski definition) is 3. The highest BCUT2D eigenvalue weighted by atomic mass is 16.6. The lowest BCUT2D eigenvalue weighted by atomic mass is 10.0. The first kappa shape index (κ1) is 15.2. The molecule has 106 valence electrons. The van der Waals surface area contributed by atoms with Crippen LogP contribution in [-0.4, -0.2) is 43.4 Å². The Morgan fingerprint density at radius 2 is 2.00 bits per heavy atom. The molecule has 1 rings (SSSR count). The highest BCUT2D eigenvalue weighted by Crippen LogP contribution is 2.08. The highest BCUT2D eigenvalue weighted by molar-refractivity contribution is 5.68. The number of nitrogens with one attached hydrogen (secondary N) is 3. The Balaban J connectivity index is 2.34. The molecule has 0 bridgehead atoms. The Kier molecular flexibility index (Phi) is 5.41. The predicted molar refractivity (Wildman–Crippen MR) is 72.7 cm³/mol. The number of ether oxygens (including phenoxy) is 1. The monoisotopic (exact) mass is 257 g/mol. The summed E-state index contributed by atoms with van der Waals surface area (Å²) in [5.74, 6) is 0.373. The van der Waals surface area contributed by atoms with Gasteiger partial charge in [-0.2, -0.15) is 0 Å². The van der Waals surface area contributed by atoms with Crippen LogP contribution in [0.3, 0.4) is 0 Å². The van der Waals surface area contributed by atoms with E-state index in [1.165, 1.54) is 0 Å². The van der Waals surface area contributed by atoms with Crippen LogP contribution in [0.5, 0.6) is 0 Å². The Labute approximate surface area is 110 Å². The molecular weight excluding hydrogens is 230 g/mol. The van der Waals surface area contributed by atoms with E-state index >= 15 is 0 Å². The lowest BCUT2D eigenvalue weighted by Gasteiger charge is -2.32. The van der Waals surface area contributed by atoms with Gasteiger partial charge in [-0.15, -0.1) is 0 Å². The van der Waals surface area contributed by atoms with Gasteiger partial charge in [0.25, 0.3) is 0 Å². The summed E-state index contributed by atoms with van der Waals surface area (Å²) in [7, 11) is 0. The van der Waals surface area contributed by atoms with Crippen LogP contribution in [0.4, 0.5) is 4.79 Å². The van der Waals surface area contributed by atoms with Crippen molar-refractivity contribution >= 4 is 6.09 Å². The predicted octanol–water partition coefficient (Wildman–Crippen LogP) is 1.10. The lowest BCUT2D eigenvalue weighted by molar-refractivity contribution is 0.0488. The fourth-order valence-corrected chi connectivity index (χ4v) is 1.64. The van der Waals surface area contributed by atoms with Crippen molar-refractivity contribution in [2.45, 2.75) is 52.3 Å². The van der Waals surface area contributed by atoms with Crippen LogP contribution < -0.4 is 16.0 Å². The zero-order chi connectivity index (χ0) is 13.8. The molecule has 0 aromatic rings. The van der Waals surface area contributed by atoms with Gasteiger partial charge in [-0.1, -0.05) is 13.8 Å². The largest absolute Gasteiger partial charge is 0.444 e. The molecule has 1 fully saturated rings. The van der Waals surface area contributed by atoms with E-state index in [-0.39, 0.29) is 12.1 Å². The second-order valence-electron chi connectivity index (χ2n) is 6.26. The molecule has 0 aliphatic carbocycles. The van der Waals surface area contributed by atoms with Crippen LogP contribution in [0.2, 0.25) is 0 Å². The average Bonchev–Trinajstić information content (AvgIpc) is 2.10. The van der Waals surface area contributed by atoms with Crippen LogP contribution in [0.15, 0.2) is 0 Å². The van der Waals surface area contributed by atoms with E-state index in [1.807, 2.05) is 20.8 Å². The minimum Gasteiger partial charge on any atom is -0.444 e. The van der Waals surface area contributed by atoms with Crippen LogP contribution in [-0.2, 0) is 4.74 Å². The first-order valence-electron chi connectivity index (χ1n) is 6.71. The molecule has 0 aromatic heterocycles. The summed E-state index contributed by atoms with van der Waals surface area (Å²) in [6, 6.07) is 0.632. The van der Waals surface area contributed by atoms with Crippen LogP contribution in [0.1, 0.15) is 34.6 Å². The molecule has 18 heavy (non-hydrogen) atoms. The van der Waals surface area contributed by atoms with Gasteiger partial charge < -0.3 is 20.7 Å². The van der Waals surface area contributed by atoms with Gasteiger partial charge in [0.05, 0.1) is 0 Å². The Hall–Kier alpha value is -0.810. The number of carbonyl (C=O) groups excluding carboxylic acids is 1. The van der Waals surface area contributed by atoms with Gasteiger partial charge in [-0.25, -0.2) is 4.79 Å². The van der Waals surface area contributed by atoms with Gasteiger partial charge in [0.2, 0.25) is 0 Å². The Bertz CT molecular complexity index is 270. The van der Waals surface area contributed by atoms with E-state index in [1.54, 1.807) is 0 Å². The summed E-state index contributed by atoms with van der Waals surface area (Å²) >= 11 is 0. The van der Waals surface area contributed by atoms with Gasteiger partial charge in [-0.05, 0) is 26.7 Å². The number of alkyl carbamates (subject to hydrolysis) is 1. The third-order valence-electron chi connectivity index (χ3n) is 2.91. The standard InChI is InChI=1S/C13H27N3O2/c1-9(2)11(8-15-10-6-14-7-10)16-12(17)18-13(3,4)5/h9-11,14-15H,6-8H2,1-5H3,(H,16,17). The molecule has 3 N–H and O–H groups in total. The SMILES string of the molecule is CC(C)C(CNC1CNC1)NC(=O)OC(C)(C)C. The molecule has 1 aliphatic rings. The second kappa shape index (κ2) is 6.38. The van der Waals surface area contributed by atoms with Crippen molar-refractivity contribution in [2.24, 2.45) is 5.92 Å². The maximum absolute atomic E-state index is 11.7. The van der Waals surface area contributed by atoms with E-state index in [0.717, 1.165) is 19.6 Å². The molecule has 5 nitrogen and oxygen atoms in total. The van der Waals surface area contributed by atoms with E-state index in [9.17, 15) is 4.79 Å². The zero-order valence-corrected chi connectivity index (χ0v) is 12.2. The summed E-state index contributed by atoms with van der Waals surface area (Å²) in [6.07, 6.45) is -0.338. The molecule has 1 atom stereocenters. The molecule has 1 saturated heterocycles. The third kappa shape index (κ3) is 5.69. The van der Waals surface area contributed by atoms with Gasteiger partial charge in [0.1, 0.15) is 5.60 Å². The van der Waals surface area contributed by atoms with Crippen molar-refractivity contribution < 1.29 is 9.53 Å². The molecule has 0 saturated carbocycles. The molecule has 1 amide bonds. The topological polar surface area (TPSA) is 62.4 Å². The van der Waals surface area contributed by atoms with Crippen LogP contribution in [0.25, 0.3) is 0 Å². The van der Waals surface area contributed by atoms with Gasteiger partial charge in [-0.3, -0.25) is 0 Å². The lowest BCUT2D eigenvalue weighted by Crippen LogP contribution is -2.58. The quantitative estimate of drug-likeness (QED) is 0.690. The van der Waals surface area contributed by atoms with Crippen molar-refractivity contribution in [1.29, 1.82) is 0 Å². The fraction of sp³-hybridized carbons (Fsp3) is 0.923. The maximum Gasteiger partial charge on any atom is 0.407 e. The summed E-state index contributed by atoms with van der Waals surface area (Å²) < 4.78 is 5.28. The highest BCUT2D eigenvalue weighted by Gasteiger charge is 2.23.